The van der Waals surface area contributed by atoms with Gasteiger partial charge in [0, 0.05) is 17.1 Å². The molecule has 8 heteroatoms. The Hall–Kier alpha value is -4.33. The number of ether oxygens (including phenoxy) is 4. The molecule has 0 amide bonds. The SMILES string of the molecule is COC(=O)/C=C\c1ccc(OC)c(OC/C=C/COC(=O)[C@]2(C)CC[C@]3(C)CC[C@]4(C)C5=CC=C6C(=CC(=O)C(O)=C6C)[C@]5(C)CC[C@@]4(C)[C@@H]3C2)c1. The molecule has 0 aromatic heterocycles. The van der Waals surface area contributed by atoms with Crippen molar-refractivity contribution in [1.29, 1.82) is 0 Å². The monoisotopic (exact) mass is 710 g/mol. The Morgan fingerprint density at radius 3 is 2.38 bits per heavy atom. The maximum absolute atomic E-state index is 13.8. The quantitative estimate of drug-likeness (QED) is 0.154. The van der Waals surface area contributed by atoms with E-state index < -0.39 is 11.4 Å². The molecule has 1 aromatic rings. The maximum Gasteiger partial charge on any atom is 0.330 e. The smallest absolute Gasteiger partial charge is 0.330 e. The van der Waals surface area contributed by atoms with Gasteiger partial charge < -0.3 is 24.1 Å². The van der Waals surface area contributed by atoms with Crippen LogP contribution in [-0.2, 0) is 23.9 Å². The van der Waals surface area contributed by atoms with Gasteiger partial charge in [0.25, 0.3) is 0 Å². The summed E-state index contributed by atoms with van der Waals surface area (Å²) >= 11 is 0. The Morgan fingerprint density at radius 1 is 0.923 bits per heavy atom. The third-order valence-corrected chi connectivity index (χ3v) is 14.0. The van der Waals surface area contributed by atoms with Crippen molar-refractivity contribution in [2.24, 2.45) is 33.0 Å². The number of ketones is 1. The Morgan fingerprint density at radius 2 is 1.65 bits per heavy atom. The molecule has 0 bridgehead atoms. The predicted octanol–water partition coefficient (Wildman–Crippen LogP) is 8.99. The second-order valence-electron chi connectivity index (χ2n) is 16.8. The third kappa shape index (κ3) is 6.06. The van der Waals surface area contributed by atoms with Crippen LogP contribution in [0.15, 0.2) is 82.7 Å². The van der Waals surface area contributed by atoms with Crippen LogP contribution in [0, 0.1) is 33.0 Å². The van der Waals surface area contributed by atoms with Crippen LogP contribution in [0.25, 0.3) is 6.08 Å². The molecule has 0 unspecified atom stereocenters. The zero-order chi connectivity index (χ0) is 37.7. The number of hydrogen-bond acceptors (Lipinski definition) is 8. The summed E-state index contributed by atoms with van der Waals surface area (Å²) in [6.07, 6.45) is 19.3. The van der Waals surface area contributed by atoms with E-state index in [9.17, 15) is 19.5 Å². The Kier molecular flexibility index (Phi) is 9.77. The van der Waals surface area contributed by atoms with Crippen molar-refractivity contribution in [3.63, 3.8) is 0 Å². The molecule has 6 rings (SSSR count). The van der Waals surface area contributed by atoms with E-state index in [4.69, 9.17) is 14.2 Å². The molecule has 5 aliphatic rings. The molecule has 0 radical (unpaired) electrons. The summed E-state index contributed by atoms with van der Waals surface area (Å²) in [6, 6.07) is 5.37. The maximum atomic E-state index is 13.8. The Bertz CT molecular complexity index is 1860. The summed E-state index contributed by atoms with van der Waals surface area (Å²) in [5.41, 5.74) is 3.92. The minimum absolute atomic E-state index is 0.0460. The first kappa shape index (κ1) is 37.4. The molecule has 3 saturated carbocycles. The molecule has 8 nitrogen and oxygen atoms in total. The highest BCUT2D eigenvalue weighted by atomic mass is 16.5. The average Bonchev–Trinajstić information content (AvgIpc) is 3.13. The van der Waals surface area contributed by atoms with E-state index in [1.807, 2.05) is 19.1 Å². The van der Waals surface area contributed by atoms with Crippen LogP contribution in [0.1, 0.15) is 92.1 Å². The number of methoxy groups -OCH3 is 2. The minimum Gasteiger partial charge on any atom is -0.504 e. The van der Waals surface area contributed by atoms with Gasteiger partial charge in [0.2, 0.25) is 5.78 Å². The number of carbonyl (C=O) groups is 3. The summed E-state index contributed by atoms with van der Waals surface area (Å²) in [5.74, 6) is 0.370. The number of carbonyl (C=O) groups excluding carboxylic acids is 3. The number of aliphatic hydroxyl groups is 1. The van der Waals surface area contributed by atoms with Crippen molar-refractivity contribution in [3.05, 3.63) is 88.3 Å². The number of esters is 2. The lowest BCUT2D eigenvalue weighted by molar-refractivity contribution is -0.181. The number of allylic oxidation sites excluding steroid dienone is 7. The fourth-order valence-corrected chi connectivity index (χ4v) is 10.4. The van der Waals surface area contributed by atoms with E-state index in [1.165, 1.54) is 18.8 Å². The van der Waals surface area contributed by atoms with Crippen molar-refractivity contribution in [3.8, 4) is 11.5 Å². The van der Waals surface area contributed by atoms with Crippen molar-refractivity contribution < 1.29 is 38.4 Å². The number of rotatable bonds is 9. The highest BCUT2D eigenvalue weighted by Crippen LogP contribution is 2.75. The lowest BCUT2D eigenvalue weighted by Crippen LogP contribution is -2.62. The second kappa shape index (κ2) is 13.6. The second-order valence-corrected chi connectivity index (χ2v) is 16.8. The van der Waals surface area contributed by atoms with Gasteiger partial charge in [-0.05, 0) is 134 Å². The summed E-state index contributed by atoms with van der Waals surface area (Å²) in [6.45, 7) is 14.0. The van der Waals surface area contributed by atoms with Crippen molar-refractivity contribution in [2.45, 2.75) is 86.5 Å². The highest BCUT2D eigenvalue weighted by molar-refractivity contribution is 6.06. The zero-order valence-electron chi connectivity index (χ0n) is 32.0. The van der Waals surface area contributed by atoms with E-state index in [2.05, 4.69) is 51.5 Å². The van der Waals surface area contributed by atoms with E-state index >= 15 is 0 Å². The molecular formula is C44H54O8. The molecule has 1 aromatic carbocycles. The van der Waals surface area contributed by atoms with Crippen LogP contribution >= 0.6 is 0 Å². The zero-order valence-corrected chi connectivity index (χ0v) is 32.0. The van der Waals surface area contributed by atoms with Crippen LogP contribution in [0.5, 0.6) is 11.5 Å². The topological polar surface area (TPSA) is 108 Å². The van der Waals surface area contributed by atoms with Crippen LogP contribution in [0.4, 0.5) is 0 Å². The standard InChI is InChI=1S/C44H54O8/c1-28-30-13-15-35-42(4,31(30)26-32(45)38(28)47)20-22-44(6)36-27-41(3,18-17-40(36,2)19-21-43(35,44)5)39(48)52-24-10-9-23-51-34-25-29(11-14-33(34)49-7)12-16-37(46)50-8/h9-16,25-26,36,47H,17-24,27H2,1-8H3/b10-9+,16-12-/t36-,40-,41-,42+,43-,44+/m1/s1. The normalized spacial score (nSPS) is 34.0. The number of benzene rings is 1. The average molecular weight is 711 g/mol. The molecule has 3 fully saturated rings. The van der Waals surface area contributed by atoms with Crippen LogP contribution in [-0.4, -0.2) is 50.3 Å². The molecule has 52 heavy (non-hydrogen) atoms. The third-order valence-electron chi connectivity index (χ3n) is 14.0. The molecule has 0 saturated heterocycles. The van der Waals surface area contributed by atoms with Crippen LogP contribution in [0.2, 0.25) is 0 Å². The van der Waals surface area contributed by atoms with Crippen LogP contribution < -0.4 is 9.47 Å². The molecule has 0 aliphatic heterocycles. The van der Waals surface area contributed by atoms with E-state index in [-0.39, 0.29) is 52.4 Å². The fraction of sp³-hybridized carbons (Fsp3) is 0.523. The van der Waals surface area contributed by atoms with E-state index in [0.717, 1.165) is 61.7 Å². The molecule has 0 heterocycles. The highest BCUT2D eigenvalue weighted by Gasteiger charge is 2.67. The van der Waals surface area contributed by atoms with Gasteiger partial charge in [-0.3, -0.25) is 9.59 Å². The van der Waals surface area contributed by atoms with Crippen LogP contribution in [0.3, 0.4) is 0 Å². The summed E-state index contributed by atoms with van der Waals surface area (Å²) in [4.78, 5) is 38.2. The predicted molar refractivity (Wildman–Crippen MR) is 201 cm³/mol. The van der Waals surface area contributed by atoms with Crippen molar-refractivity contribution in [2.75, 3.05) is 27.4 Å². The van der Waals surface area contributed by atoms with Gasteiger partial charge >= 0.3 is 11.9 Å². The number of fused-ring (bicyclic) bond motifs is 7. The molecule has 278 valence electrons. The summed E-state index contributed by atoms with van der Waals surface area (Å²) in [7, 11) is 2.90. The van der Waals surface area contributed by atoms with Gasteiger partial charge in [-0.2, -0.15) is 0 Å². The first-order chi connectivity index (χ1) is 24.5. The molecule has 6 atom stereocenters. The lowest BCUT2D eigenvalue weighted by atomic mass is 9.34. The Labute approximate surface area is 308 Å². The fourth-order valence-electron chi connectivity index (χ4n) is 10.4. The molecule has 1 N–H and O–H groups in total. The van der Waals surface area contributed by atoms with Crippen molar-refractivity contribution >= 4 is 23.8 Å². The van der Waals surface area contributed by atoms with Gasteiger partial charge in [-0.25, -0.2) is 4.79 Å². The minimum atomic E-state index is -0.589. The first-order valence-electron chi connectivity index (χ1n) is 18.5. The largest absolute Gasteiger partial charge is 0.504 e. The summed E-state index contributed by atoms with van der Waals surface area (Å²) in [5, 5.41) is 10.5. The molecule has 5 aliphatic carbocycles. The van der Waals surface area contributed by atoms with Gasteiger partial charge in [-0.1, -0.05) is 51.5 Å². The van der Waals surface area contributed by atoms with Gasteiger partial charge in [0.05, 0.1) is 19.6 Å². The Balaban J connectivity index is 1.13. The van der Waals surface area contributed by atoms with Gasteiger partial charge in [0.1, 0.15) is 13.2 Å². The number of aliphatic hydroxyl groups excluding tert-OH is 1. The van der Waals surface area contributed by atoms with Gasteiger partial charge in [0.15, 0.2) is 17.3 Å². The lowest BCUT2D eigenvalue weighted by Gasteiger charge is -2.70. The summed E-state index contributed by atoms with van der Waals surface area (Å²) < 4.78 is 21.9. The van der Waals surface area contributed by atoms with Gasteiger partial charge in [-0.15, -0.1) is 0 Å². The van der Waals surface area contributed by atoms with Crippen molar-refractivity contribution in [1.82, 2.24) is 0 Å². The van der Waals surface area contributed by atoms with E-state index in [0.29, 0.717) is 23.0 Å². The molecular weight excluding hydrogens is 656 g/mol. The number of hydrogen-bond donors (Lipinski definition) is 1. The first-order valence-corrected chi connectivity index (χ1v) is 18.5. The molecule has 0 spiro atoms. The van der Waals surface area contributed by atoms with E-state index in [1.54, 1.807) is 37.5 Å².